The van der Waals surface area contributed by atoms with Crippen molar-refractivity contribution in [2.24, 2.45) is 0 Å². The number of nitriles is 1. The molecule has 0 saturated carbocycles. The maximum absolute atomic E-state index is 12.9. The molecule has 0 saturated heterocycles. The van der Waals surface area contributed by atoms with Crippen molar-refractivity contribution in [3.8, 4) is 6.07 Å². The number of rotatable bonds is 1. The van der Waals surface area contributed by atoms with E-state index in [1.807, 2.05) is 0 Å². The Hall–Kier alpha value is -1.89. The number of carbonyl (C=O) groups excluding carboxylic acids is 1. The first-order valence-corrected chi connectivity index (χ1v) is 3.88. The monoisotopic (exact) mass is 193 g/mol. The number of carbonyl (C=O) groups is 1. The highest BCUT2D eigenvalue weighted by Crippen LogP contribution is 2.16. The summed E-state index contributed by atoms with van der Waals surface area (Å²) < 4.78 is 17.3. The molecule has 3 nitrogen and oxygen atoms in total. The Kier molecular flexibility index (Phi) is 2.82. The number of hydrogen-bond donors (Lipinski definition) is 0. The number of hydrogen-bond acceptors (Lipinski definition) is 3. The van der Waals surface area contributed by atoms with Crippen molar-refractivity contribution < 1.29 is 13.9 Å². The molecule has 1 aromatic carbocycles. The molecule has 0 unspecified atom stereocenters. The molecule has 0 fully saturated rings. The number of aryl methyl sites for hydroxylation is 1. The summed E-state index contributed by atoms with van der Waals surface area (Å²) in [6, 6.07) is 3.95. The summed E-state index contributed by atoms with van der Waals surface area (Å²) in [4.78, 5) is 11.2. The molecule has 0 amide bonds. The highest BCUT2D eigenvalue weighted by atomic mass is 19.1. The fourth-order valence-electron chi connectivity index (χ4n) is 1.20. The Morgan fingerprint density at radius 1 is 1.57 bits per heavy atom. The summed E-state index contributed by atoms with van der Waals surface area (Å²) in [7, 11) is 1.21. The SMILES string of the molecule is COC(=O)c1c(C)cc(F)cc1C#N. The van der Waals surface area contributed by atoms with Crippen LogP contribution in [0.15, 0.2) is 12.1 Å². The Bertz CT molecular complexity index is 421. The van der Waals surface area contributed by atoms with E-state index in [2.05, 4.69) is 4.74 Å². The lowest BCUT2D eigenvalue weighted by Crippen LogP contribution is -2.07. The first-order valence-electron chi connectivity index (χ1n) is 3.88. The van der Waals surface area contributed by atoms with E-state index >= 15 is 0 Å². The standard InChI is InChI=1S/C10H8FNO2/c1-6-3-8(11)4-7(5-12)9(6)10(13)14-2/h3-4H,1-2H3. The van der Waals surface area contributed by atoms with Crippen LogP contribution >= 0.6 is 0 Å². The minimum Gasteiger partial charge on any atom is -0.465 e. The second-order valence-electron chi connectivity index (χ2n) is 2.75. The summed E-state index contributed by atoms with van der Waals surface area (Å²) in [5.74, 6) is -1.16. The molecular formula is C10H8FNO2. The Morgan fingerprint density at radius 3 is 2.71 bits per heavy atom. The van der Waals surface area contributed by atoms with Crippen molar-refractivity contribution in [2.75, 3.05) is 7.11 Å². The van der Waals surface area contributed by atoms with E-state index in [0.717, 1.165) is 6.07 Å². The van der Waals surface area contributed by atoms with Gasteiger partial charge in [0.05, 0.1) is 18.2 Å². The molecule has 14 heavy (non-hydrogen) atoms. The molecular weight excluding hydrogens is 185 g/mol. The molecule has 0 N–H and O–H groups in total. The van der Waals surface area contributed by atoms with Gasteiger partial charge in [-0.1, -0.05) is 0 Å². The minimum atomic E-state index is -0.626. The van der Waals surface area contributed by atoms with E-state index in [9.17, 15) is 9.18 Å². The molecule has 0 bridgehead atoms. The van der Waals surface area contributed by atoms with Crippen LogP contribution < -0.4 is 0 Å². The van der Waals surface area contributed by atoms with Crippen LogP contribution in [0.25, 0.3) is 0 Å². The van der Waals surface area contributed by atoms with Crippen LogP contribution in [-0.2, 0) is 4.74 Å². The molecule has 1 aromatic rings. The van der Waals surface area contributed by atoms with Gasteiger partial charge in [0.25, 0.3) is 0 Å². The molecule has 0 aliphatic rings. The zero-order valence-corrected chi connectivity index (χ0v) is 7.80. The van der Waals surface area contributed by atoms with Gasteiger partial charge in [-0.2, -0.15) is 5.26 Å². The summed E-state index contributed by atoms with van der Waals surface area (Å²) in [5.41, 5.74) is 0.513. The van der Waals surface area contributed by atoms with Crippen molar-refractivity contribution in [1.82, 2.24) is 0 Å². The molecule has 0 aromatic heterocycles. The molecule has 0 aliphatic carbocycles. The Balaban J connectivity index is 3.42. The number of halogens is 1. The number of esters is 1. The van der Waals surface area contributed by atoms with E-state index in [0.29, 0.717) is 5.56 Å². The van der Waals surface area contributed by atoms with Crippen molar-refractivity contribution in [2.45, 2.75) is 6.92 Å². The van der Waals surface area contributed by atoms with Gasteiger partial charge in [-0.3, -0.25) is 0 Å². The fraction of sp³-hybridized carbons (Fsp3) is 0.200. The molecule has 0 spiro atoms. The van der Waals surface area contributed by atoms with Gasteiger partial charge in [0.2, 0.25) is 0 Å². The van der Waals surface area contributed by atoms with Gasteiger partial charge in [0, 0.05) is 0 Å². The third-order valence-corrected chi connectivity index (χ3v) is 1.81. The molecule has 0 radical (unpaired) electrons. The predicted octanol–water partition coefficient (Wildman–Crippen LogP) is 1.79. The molecule has 0 atom stereocenters. The van der Waals surface area contributed by atoms with Gasteiger partial charge >= 0.3 is 5.97 Å². The minimum absolute atomic E-state index is 0.00523. The third-order valence-electron chi connectivity index (χ3n) is 1.81. The van der Waals surface area contributed by atoms with E-state index in [1.54, 1.807) is 13.0 Å². The summed E-state index contributed by atoms with van der Waals surface area (Å²) in [6.07, 6.45) is 0. The number of nitrogens with zero attached hydrogens (tertiary/aromatic N) is 1. The Morgan fingerprint density at radius 2 is 2.21 bits per heavy atom. The topological polar surface area (TPSA) is 50.1 Å². The van der Waals surface area contributed by atoms with Gasteiger partial charge < -0.3 is 4.74 Å². The van der Waals surface area contributed by atoms with Gasteiger partial charge in [0.1, 0.15) is 11.9 Å². The average molecular weight is 193 g/mol. The maximum Gasteiger partial charge on any atom is 0.339 e. The first-order chi connectivity index (χ1) is 6.60. The zero-order chi connectivity index (χ0) is 10.7. The van der Waals surface area contributed by atoms with Crippen LogP contribution in [0.3, 0.4) is 0 Å². The molecule has 4 heteroatoms. The number of benzene rings is 1. The highest BCUT2D eigenvalue weighted by Gasteiger charge is 2.15. The maximum atomic E-state index is 12.9. The fourth-order valence-corrected chi connectivity index (χ4v) is 1.20. The van der Waals surface area contributed by atoms with Gasteiger partial charge in [-0.25, -0.2) is 9.18 Å². The van der Waals surface area contributed by atoms with Crippen molar-refractivity contribution in [1.29, 1.82) is 5.26 Å². The Labute approximate surface area is 80.7 Å². The smallest absolute Gasteiger partial charge is 0.339 e. The zero-order valence-electron chi connectivity index (χ0n) is 7.80. The van der Waals surface area contributed by atoms with Crippen molar-refractivity contribution in [3.05, 3.63) is 34.6 Å². The largest absolute Gasteiger partial charge is 0.465 e. The summed E-state index contributed by atoms with van der Waals surface area (Å²) >= 11 is 0. The van der Waals surface area contributed by atoms with E-state index in [1.165, 1.54) is 13.2 Å². The second kappa shape index (κ2) is 3.88. The normalized spacial score (nSPS) is 9.29. The van der Waals surface area contributed by atoms with Crippen LogP contribution in [0.1, 0.15) is 21.5 Å². The molecule has 0 aliphatic heterocycles. The van der Waals surface area contributed by atoms with Crippen molar-refractivity contribution >= 4 is 5.97 Å². The van der Waals surface area contributed by atoms with Crippen LogP contribution in [0.5, 0.6) is 0 Å². The molecule has 72 valence electrons. The molecule has 0 heterocycles. The highest BCUT2D eigenvalue weighted by molar-refractivity contribution is 5.93. The summed E-state index contributed by atoms with van der Waals surface area (Å²) in [5, 5.41) is 8.69. The number of ether oxygens (including phenoxy) is 1. The second-order valence-corrected chi connectivity index (χ2v) is 2.75. The van der Waals surface area contributed by atoms with Crippen LogP contribution in [0, 0.1) is 24.1 Å². The summed E-state index contributed by atoms with van der Waals surface area (Å²) in [6.45, 7) is 1.55. The lowest BCUT2D eigenvalue weighted by Gasteiger charge is -2.05. The third kappa shape index (κ3) is 1.72. The lowest BCUT2D eigenvalue weighted by molar-refractivity contribution is 0.0599. The lowest BCUT2D eigenvalue weighted by atomic mass is 10.0. The molecule has 1 rings (SSSR count). The quantitative estimate of drug-likeness (QED) is 0.639. The average Bonchev–Trinajstić information content (AvgIpc) is 2.15. The van der Waals surface area contributed by atoms with E-state index in [4.69, 9.17) is 5.26 Å². The van der Waals surface area contributed by atoms with Crippen LogP contribution in [-0.4, -0.2) is 13.1 Å². The van der Waals surface area contributed by atoms with E-state index < -0.39 is 11.8 Å². The van der Waals surface area contributed by atoms with Crippen molar-refractivity contribution in [3.63, 3.8) is 0 Å². The predicted molar refractivity (Wildman–Crippen MR) is 47.2 cm³/mol. The van der Waals surface area contributed by atoms with Gasteiger partial charge in [-0.05, 0) is 24.6 Å². The first kappa shape index (κ1) is 10.2. The van der Waals surface area contributed by atoms with Gasteiger partial charge in [0.15, 0.2) is 0 Å². The number of methoxy groups -OCH3 is 1. The van der Waals surface area contributed by atoms with E-state index in [-0.39, 0.29) is 11.1 Å². The van der Waals surface area contributed by atoms with Gasteiger partial charge in [-0.15, -0.1) is 0 Å². The van der Waals surface area contributed by atoms with Crippen LogP contribution in [0.2, 0.25) is 0 Å². The van der Waals surface area contributed by atoms with Crippen LogP contribution in [0.4, 0.5) is 4.39 Å².